The molecule has 1 saturated carbocycles. The van der Waals surface area contributed by atoms with Crippen molar-refractivity contribution in [3.63, 3.8) is 0 Å². The lowest BCUT2D eigenvalue weighted by molar-refractivity contribution is -0.142. The maximum atomic E-state index is 13.1. The lowest BCUT2D eigenvalue weighted by Crippen LogP contribution is -2.59. The monoisotopic (exact) mass is 440 g/mol. The average molecular weight is 440 g/mol. The topological polar surface area (TPSA) is 109 Å². The Bertz CT molecular complexity index is 900. The van der Waals surface area contributed by atoms with Crippen LogP contribution in [0.25, 0.3) is 0 Å². The second-order valence-corrected chi connectivity index (χ2v) is 10.1. The van der Waals surface area contributed by atoms with E-state index in [1.165, 1.54) is 21.3 Å². The standard InChI is InChI=1S/C19H25FN4O5S/c20-13-3-6-17(21-11-13)22-19(26)16(10-14-2-1-9-29-14)24-8-7-23(12-18(24)25)30(27,28)15-4-5-15/h3,6,11,14-16H,1-2,4-5,7-10,12H2,(H,21,22,26). The maximum absolute atomic E-state index is 13.1. The van der Waals surface area contributed by atoms with Crippen LogP contribution < -0.4 is 5.32 Å². The second-order valence-electron chi connectivity index (χ2n) is 7.90. The quantitative estimate of drug-likeness (QED) is 0.670. The van der Waals surface area contributed by atoms with Gasteiger partial charge in [0.05, 0.1) is 24.1 Å². The molecule has 11 heteroatoms. The number of amides is 2. The zero-order valence-electron chi connectivity index (χ0n) is 16.5. The predicted octanol–water partition coefficient (Wildman–Crippen LogP) is 0.733. The third kappa shape index (κ3) is 4.62. The summed E-state index contributed by atoms with van der Waals surface area (Å²) in [4.78, 5) is 31.1. The predicted molar refractivity (Wildman–Crippen MR) is 105 cm³/mol. The molecule has 4 rings (SSSR count). The fraction of sp³-hybridized carbons (Fsp3) is 0.632. The number of aromatic nitrogens is 1. The summed E-state index contributed by atoms with van der Waals surface area (Å²) in [6, 6.07) is 1.71. The summed E-state index contributed by atoms with van der Waals surface area (Å²) >= 11 is 0. The largest absolute Gasteiger partial charge is 0.378 e. The molecular weight excluding hydrogens is 415 g/mol. The van der Waals surface area contributed by atoms with Crippen LogP contribution in [0.1, 0.15) is 32.1 Å². The number of nitrogens with zero attached hydrogens (tertiary/aromatic N) is 3. The van der Waals surface area contributed by atoms with E-state index < -0.39 is 33.7 Å². The first kappa shape index (κ1) is 21.1. The molecule has 1 N–H and O–H groups in total. The van der Waals surface area contributed by atoms with Gasteiger partial charge in [-0.3, -0.25) is 9.59 Å². The molecule has 1 aromatic rings. The molecular formula is C19H25FN4O5S. The van der Waals surface area contributed by atoms with Gasteiger partial charge in [0, 0.05) is 26.1 Å². The van der Waals surface area contributed by atoms with Crippen LogP contribution in [0.15, 0.2) is 18.3 Å². The number of nitrogens with one attached hydrogen (secondary N) is 1. The number of pyridine rings is 1. The smallest absolute Gasteiger partial charge is 0.248 e. The van der Waals surface area contributed by atoms with Gasteiger partial charge in [0.25, 0.3) is 0 Å². The number of hydrogen-bond donors (Lipinski definition) is 1. The molecule has 9 nitrogen and oxygen atoms in total. The Morgan fingerprint density at radius 2 is 2.10 bits per heavy atom. The number of piperazine rings is 1. The highest BCUT2D eigenvalue weighted by molar-refractivity contribution is 7.90. The lowest BCUT2D eigenvalue weighted by atomic mass is 10.0. The number of hydrogen-bond acceptors (Lipinski definition) is 6. The van der Waals surface area contributed by atoms with Crippen LogP contribution in [-0.4, -0.2) is 78.1 Å². The second kappa shape index (κ2) is 8.56. The van der Waals surface area contributed by atoms with Crippen molar-refractivity contribution in [1.29, 1.82) is 0 Å². The van der Waals surface area contributed by atoms with Crippen molar-refractivity contribution in [3.05, 3.63) is 24.1 Å². The van der Waals surface area contributed by atoms with Crippen molar-refractivity contribution in [2.75, 3.05) is 31.6 Å². The van der Waals surface area contributed by atoms with Crippen molar-refractivity contribution in [2.24, 2.45) is 0 Å². The van der Waals surface area contributed by atoms with Crippen molar-refractivity contribution < 1.29 is 27.1 Å². The van der Waals surface area contributed by atoms with Gasteiger partial charge >= 0.3 is 0 Å². The first-order valence-corrected chi connectivity index (χ1v) is 11.7. The number of anilines is 1. The van der Waals surface area contributed by atoms with Crippen LogP contribution in [0.2, 0.25) is 0 Å². The van der Waals surface area contributed by atoms with Crippen molar-refractivity contribution in [2.45, 2.75) is 49.5 Å². The zero-order valence-corrected chi connectivity index (χ0v) is 17.3. The molecule has 3 aliphatic rings. The minimum atomic E-state index is -3.45. The molecule has 0 aromatic carbocycles. The zero-order chi connectivity index (χ0) is 21.3. The average Bonchev–Trinajstić information content (AvgIpc) is 3.46. The minimum absolute atomic E-state index is 0.131. The van der Waals surface area contributed by atoms with E-state index in [1.54, 1.807) is 0 Å². The van der Waals surface area contributed by atoms with E-state index in [0.29, 0.717) is 25.9 Å². The number of ether oxygens (including phenoxy) is 1. The van der Waals surface area contributed by atoms with Gasteiger partial charge in [-0.15, -0.1) is 0 Å². The summed E-state index contributed by atoms with van der Waals surface area (Å²) in [5, 5.41) is 2.25. The van der Waals surface area contributed by atoms with Gasteiger partial charge in [0.2, 0.25) is 21.8 Å². The molecule has 0 radical (unpaired) electrons. The fourth-order valence-corrected chi connectivity index (χ4v) is 5.68. The summed E-state index contributed by atoms with van der Waals surface area (Å²) < 4.78 is 44.9. The fourth-order valence-electron chi connectivity index (χ4n) is 3.90. The normalized spacial score (nSPS) is 24.1. The Morgan fingerprint density at radius 1 is 1.30 bits per heavy atom. The van der Waals surface area contributed by atoms with Gasteiger partial charge in [-0.05, 0) is 37.8 Å². The first-order chi connectivity index (χ1) is 14.3. The summed E-state index contributed by atoms with van der Waals surface area (Å²) in [5.74, 6) is -1.19. The number of carbonyl (C=O) groups excluding carboxylic acids is 2. The van der Waals surface area contributed by atoms with Crippen LogP contribution >= 0.6 is 0 Å². The molecule has 1 aliphatic carbocycles. The molecule has 0 spiro atoms. The molecule has 3 heterocycles. The molecule has 30 heavy (non-hydrogen) atoms. The molecule has 0 bridgehead atoms. The van der Waals surface area contributed by atoms with E-state index in [4.69, 9.17) is 4.74 Å². The van der Waals surface area contributed by atoms with E-state index in [2.05, 4.69) is 10.3 Å². The summed E-state index contributed by atoms with van der Waals surface area (Å²) in [7, 11) is -3.45. The van der Waals surface area contributed by atoms with E-state index in [-0.39, 0.29) is 36.8 Å². The summed E-state index contributed by atoms with van der Waals surface area (Å²) in [6.07, 6.45) is 4.11. The van der Waals surface area contributed by atoms with Crippen LogP contribution in [-0.2, 0) is 24.3 Å². The summed E-state index contributed by atoms with van der Waals surface area (Å²) in [5.41, 5.74) is 0. The van der Waals surface area contributed by atoms with E-state index >= 15 is 0 Å². The highest BCUT2D eigenvalue weighted by Crippen LogP contribution is 2.32. The number of rotatable bonds is 7. The number of halogens is 1. The van der Waals surface area contributed by atoms with Crippen LogP contribution in [0, 0.1) is 5.82 Å². The Hall–Kier alpha value is -2.11. The van der Waals surface area contributed by atoms with Crippen molar-refractivity contribution in [1.82, 2.24) is 14.2 Å². The maximum Gasteiger partial charge on any atom is 0.248 e. The van der Waals surface area contributed by atoms with Gasteiger partial charge < -0.3 is 15.0 Å². The van der Waals surface area contributed by atoms with Crippen LogP contribution in [0.5, 0.6) is 0 Å². The molecule has 2 saturated heterocycles. The van der Waals surface area contributed by atoms with E-state index in [1.807, 2.05) is 0 Å². The van der Waals surface area contributed by atoms with Gasteiger partial charge in [-0.1, -0.05) is 0 Å². The summed E-state index contributed by atoms with van der Waals surface area (Å²) in [6.45, 7) is 0.643. The Morgan fingerprint density at radius 3 is 2.70 bits per heavy atom. The molecule has 2 unspecified atom stereocenters. The van der Waals surface area contributed by atoms with Gasteiger partial charge in [-0.25, -0.2) is 17.8 Å². The van der Waals surface area contributed by atoms with Crippen LogP contribution in [0.4, 0.5) is 10.2 Å². The Kier molecular flexibility index (Phi) is 6.03. The van der Waals surface area contributed by atoms with E-state index in [9.17, 15) is 22.4 Å². The van der Waals surface area contributed by atoms with Gasteiger partial charge in [-0.2, -0.15) is 4.31 Å². The molecule has 2 atom stereocenters. The molecule has 1 aromatic heterocycles. The van der Waals surface area contributed by atoms with Crippen LogP contribution in [0.3, 0.4) is 0 Å². The molecule has 164 valence electrons. The molecule has 2 aliphatic heterocycles. The highest BCUT2D eigenvalue weighted by atomic mass is 32.2. The number of carbonyl (C=O) groups is 2. The SMILES string of the molecule is O=C(Nc1ccc(F)cn1)C(CC1CCCO1)N1CCN(S(=O)(=O)C2CC2)CC1=O. The first-order valence-electron chi connectivity index (χ1n) is 10.2. The third-order valence-corrected chi connectivity index (χ3v) is 8.04. The minimum Gasteiger partial charge on any atom is -0.378 e. The molecule has 3 fully saturated rings. The van der Waals surface area contributed by atoms with Crippen molar-refractivity contribution in [3.8, 4) is 0 Å². The Labute approximate surface area is 174 Å². The lowest BCUT2D eigenvalue weighted by Gasteiger charge is -2.38. The van der Waals surface area contributed by atoms with Crippen molar-refractivity contribution >= 4 is 27.7 Å². The number of sulfonamides is 1. The third-order valence-electron chi connectivity index (χ3n) is 5.70. The van der Waals surface area contributed by atoms with E-state index in [0.717, 1.165) is 19.0 Å². The highest BCUT2D eigenvalue weighted by Gasteiger charge is 2.44. The Balaban J connectivity index is 1.48. The molecule has 2 amide bonds. The van der Waals surface area contributed by atoms with Gasteiger partial charge in [0.1, 0.15) is 17.7 Å². The van der Waals surface area contributed by atoms with Gasteiger partial charge in [0.15, 0.2) is 0 Å².